The monoisotopic (exact) mass is 241 g/mol. The quantitative estimate of drug-likeness (QED) is 0.827. The minimum Gasteiger partial charge on any atom is -0.466 e. The summed E-state index contributed by atoms with van der Waals surface area (Å²) in [6.45, 7) is 5.59. The molecule has 1 aliphatic carbocycles. The van der Waals surface area contributed by atoms with E-state index in [0.29, 0.717) is 17.2 Å². The van der Waals surface area contributed by atoms with Crippen LogP contribution in [0.2, 0.25) is 0 Å². The van der Waals surface area contributed by atoms with E-state index < -0.39 is 0 Å². The van der Waals surface area contributed by atoms with Gasteiger partial charge in [0.1, 0.15) is 11.5 Å². The smallest absolute Gasteiger partial charge is 0.255 e. The van der Waals surface area contributed by atoms with Crippen LogP contribution in [0.4, 0.5) is 0 Å². The van der Waals surface area contributed by atoms with Gasteiger partial charge in [-0.15, -0.1) is 11.6 Å². The zero-order valence-corrected chi connectivity index (χ0v) is 10.6. The van der Waals surface area contributed by atoms with Gasteiger partial charge in [-0.2, -0.15) is 0 Å². The molecule has 1 N–H and O–H groups in total. The number of hydrogen-bond donors (Lipinski definition) is 1. The molecule has 0 radical (unpaired) electrons. The Hall–Kier alpha value is -0.960. The van der Waals surface area contributed by atoms with Crippen molar-refractivity contribution in [2.45, 2.75) is 39.2 Å². The minimum atomic E-state index is -0.164. The van der Waals surface area contributed by atoms with Gasteiger partial charge >= 0.3 is 0 Å². The lowest BCUT2D eigenvalue weighted by atomic mass is 10.1. The highest BCUT2D eigenvalue weighted by Gasteiger charge is 2.43. The number of halogens is 1. The van der Waals surface area contributed by atoms with Gasteiger partial charge in [-0.1, -0.05) is 0 Å². The van der Waals surface area contributed by atoms with Crippen molar-refractivity contribution in [3.63, 3.8) is 0 Å². The number of carbonyl (C=O) groups excluding carboxylic acids is 1. The molecule has 1 aromatic rings. The summed E-state index contributed by atoms with van der Waals surface area (Å²) in [6, 6.07) is 0. The molecule has 88 valence electrons. The predicted molar refractivity (Wildman–Crippen MR) is 63.1 cm³/mol. The fourth-order valence-corrected chi connectivity index (χ4v) is 2.21. The molecule has 0 unspecified atom stereocenters. The maximum atomic E-state index is 12.1. The predicted octanol–water partition coefficient (Wildman–Crippen LogP) is 2.71. The van der Waals surface area contributed by atoms with Crippen LogP contribution in [0, 0.1) is 20.8 Å². The third kappa shape index (κ3) is 1.84. The molecule has 2 rings (SSSR count). The van der Waals surface area contributed by atoms with Crippen LogP contribution in [0.3, 0.4) is 0 Å². The molecule has 0 saturated heterocycles. The molecule has 0 aliphatic heterocycles. The first kappa shape index (κ1) is 11.5. The summed E-state index contributed by atoms with van der Waals surface area (Å²) < 4.78 is 5.44. The normalized spacial score (nSPS) is 17.2. The second kappa shape index (κ2) is 3.81. The number of nitrogens with one attached hydrogen (secondary N) is 1. The van der Waals surface area contributed by atoms with Gasteiger partial charge in [-0.05, 0) is 33.6 Å². The van der Waals surface area contributed by atoms with Gasteiger partial charge < -0.3 is 9.73 Å². The van der Waals surface area contributed by atoms with Gasteiger partial charge in [0.25, 0.3) is 5.91 Å². The topological polar surface area (TPSA) is 42.2 Å². The lowest BCUT2D eigenvalue weighted by Gasteiger charge is -2.13. The van der Waals surface area contributed by atoms with Gasteiger partial charge in [-0.25, -0.2) is 0 Å². The molecule has 1 heterocycles. The third-order valence-corrected chi connectivity index (χ3v) is 3.79. The minimum absolute atomic E-state index is 0.0648. The summed E-state index contributed by atoms with van der Waals surface area (Å²) in [7, 11) is 0. The van der Waals surface area contributed by atoms with E-state index in [2.05, 4.69) is 5.32 Å². The van der Waals surface area contributed by atoms with Crippen molar-refractivity contribution in [3.05, 3.63) is 22.6 Å². The Bertz CT molecular complexity index is 432. The number of hydrogen-bond acceptors (Lipinski definition) is 2. The van der Waals surface area contributed by atoms with E-state index >= 15 is 0 Å². The summed E-state index contributed by atoms with van der Waals surface area (Å²) in [5, 5.41) is 3.00. The molecule has 0 atom stereocenters. The number of aryl methyl sites for hydroxylation is 2. The van der Waals surface area contributed by atoms with Crippen LogP contribution in [-0.2, 0) is 0 Å². The number of carbonyl (C=O) groups is 1. The fraction of sp³-hybridized carbons (Fsp3) is 0.583. The van der Waals surface area contributed by atoms with Crippen LogP contribution in [0.5, 0.6) is 0 Å². The molecule has 0 spiro atoms. The number of amides is 1. The average Bonchev–Trinajstić information content (AvgIpc) is 2.92. The highest BCUT2D eigenvalue weighted by Crippen LogP contribution is 2.37. The first-order chi connectivity index (χ1) is 7.49. The summed E-state index contributed by atoms with van der Waals surface area (Å²) >= 11 is 5.83. The Morgan fingerprint density at radius 3 is 2.38 bits per heavy atom. The van der Waals surface area contributed by atoms with Gasteiger partial charge in [-0.3, -0.25) is 4.79 Å². The molecule has 1 aliphatic rings. The molecule has 1 amide bonds. The van der Waals surface area contributed by atoms with E-state index in [-0.39, 0.29) is 11.4 Å². The van der Waals surface area contributed by atoms with Crippen LogP contribution in [-0.4, -0.2) is 17.3 Å². The Morgan fingerprint density at radius 2 is 2.00 bits per heavy atom. The van der Waals surface area contributed by atoms with E-state index in [1.165, 1.54) is 0 Å². The van der Waals surface area contributed by atoms with E-state index in [0.717, 1.165) is 24.2 Å². The summed E-state index contributed by atoms with van der Waals surface area (Å²) in [5.74, 6) is 1.90. The maximum Gasteiger partial charge on any atom is 0.255 e. The Balaban J connectivity index is 2.21. The first-order valence-electron chi connectivity index (χ1n) is 5.44. The van der Waals surface area contributed by atoms with Crippen LogP contribution in [0.1, 0.15) is 40.3 Å². The molecule has 1 saturated carbocycles. The maximum absolute atomic E-state index is 12.1. The van der Waals surface area contributed by atoms with Crippen LogP contribution in [0.15, 0.2) is 4.42 Å². The van der Waals surface area contributed by atoms with E-state index in [1.807, 2.05) is 20.8 Å². The fourth-order valence-electron chi connectivity index (χ4n) is 1.87. The highest BCUT2D eigenvalue weighted by molar-refractivity contribution is 6.19. The van der Waals surface area contributed by atoms with Gasteiger partial charge in [0.2, 0.25) is 0 Å². The standard InChI is InChI=1S/C12H16ClNO2/c1-7-8(2)16-9(3)10(7)11(15)14-12(6-13)4-5-12/h4-6H2,1-3H3,(H,14,15). The van der Waals surface area contributed by atoms with Gasteiger partial charge in [0.05, 0.1) is 11.1 Å². The van der Waals surface area contributed by atoms with Crippen molar-refractivity contribution < 1.29 is 9.21 Å². The highest BCUT2D eigenvalue weighted by atomic mass is 35.5. The lowest BCUT2D eigenvalue weighted by molar-refractivity contribution is 0.0934. The summed E-state index contributed by atoms with van der Waals surface area (Å²) in [6.07, 6.45) is 1.94. The van der Waals surface area contributed by atoms with Crippen LogP contribution in [0.25, 0.3) is 0 Å². The van der Waals surface area contributed by atoms with Gasteiger partial charge in [0.15, 0.2) is 0 Å². The molecular weight excluding hydrogens is 226 g/mol. The Morgan fingerprint density at radius 1 is 1.38 bits per heavy atom. The summed E-state index contributed by atoms with van der Waals surface area (Å²) in [4.78, 5) is 12.1. The molecule has 3 nitrogen and oxygen atoms in total. The van der Waals surface area contributed by atoms with E-state index in [9.17, 15) is 4.79 Å². The molecule has 1 fully saturated rings. The molecule has 1 aromatic heterocycles. The van der Waals surface area contributed by atoms with Crippen LogP contribution < -0.4 is 5.32 Å². The molecular formula is C12H16ClNO2. The Kier molecular flexibility index (Phi) is 2.74. The second-order valence-corrected chi connectivity index (χ2v) is 4.85. The van der Waals surface area contributed by atoms with Crippen molar-refractivity contribution in [1.82, 2.24) is 5.32 Å². The second-order valence-electron chi connectivity index (χ2n) is 4.58. The van der Waals surface area contributed by atoms with E-state index in [4.69, 9.17) is 16.0 Å². The zero-order valence-electron chi connectivity index (χ0n) is 9.82. The van der Waals surface area contributed by atoms with Crippen LogP contribution >= 0.6 is 11.6 Å². The van der Waals surface area contributed by atoms with Crippen molar-refractivity contribution in [2.24, 2.45) is 0 Å². The number of furan rings is 1. The van der Waals surface area contributed by atoms with Crippen molar-refractivity contribution in [1.29, 1.82) is 0 Å². The van der Waals surface area contributed by atoms with Crippen molar-refractivity contribution in [2.75, 3.05) is 5.88 Å². The Labute approximate surface area is 100 Å². The number of rotatable bonds is 3. The van der Waals surface area contributed by atoms with Gasteiger partial charge in [0, 0.05) is 11.4 Å². The van der Waals surface area contributed by atoms with Crippen molar-refractivity contribution >= 4 is 17.5 Å². The first-order valence-corrected chi connectivity index (χ1v) is 5.97. The van der Waals surface area contributed by atoms with Crippen molar-refractivity contribution in [3.8, 4) is 0 Å². The molecule has 0 bridgehead atoms. The zero-order chi connectivity index (χ0) is 11.9. The molecule has 4 heteroatoms. The largest absolute Gasteiger partial charge is 0.466 e. The van der Waals surface area contributed by atoms with E-state index in [1.54, 1.807) is 0 Å². The average molecular weight is 242 g/mol. The summed E-state index contributed by atoms with van der Waals surface area (Å²) in [5.41, 5.74) is 1.41. The third-order valence-electron chi connectivity index (χ3n) is 3.28. The number of alkyl halides is 1. The molecule has 0 aromatic carbocycles. The molecule has 16 heavy (non-hydrogen) atoms. The lowest BCUT2D eigenvalue weighted by Crippen LogP contribution is -2.38. The SMILES string of the molecule is Cc1oc(C)c(C(=O)NC2(CCl)CC2)c1C.